The van der Waals surface area contributed by atoms with Crippen LogP contribution in [0.4, 0.5) is 5.69 Å². The third-order valence-electron chi connectivity index (χ3n) is 3.08. The predicted octanol–water partition coefficient (Wildman–Crippen LogP) is 2.17. The quantitative estimate of drug-likeness (QED) is 0.794. The van der Waals surface area contributed by atoms with E-state index in [2.05, 4.69) is 26.0 Å². The van der Waals surface area contributed by atoms with Crippen LogP contribution in [-0.4, -0.2) is 31.3 Å². The molecule has 3 rings (SSSR count). The SMILES string of the molecule is Cc1noc(C)c1NC(=O)c1ccc(-n2cnnn2)cc1Cl. The second-order valence-corrected chi connectivity index (χ2v) is 4.98. The van der Waals surface area contributed by atoms with E-state index < -0.39 is 0 Å². The summed E-state index contributed by atoms with van der Waals surface area (Å²) in [5.74, 6) is 0.190. The van der Waals surface area contributed by atoms with Crippen molar-refractivity contribution in [2.75, 3.05) is 5.32 Å². The fourth-order valence-corrected chi connectivity index (χ4v) is 2.21. The molecule has 0 bridgehead atoms. The molecule has 0 saturated heterocycles. The summed E-state index contributed by atoms with van der Waals surface area (Å²) in [7, 11) is 0. The monoisotopic (exact) mass is 318 g/mol. The molecule has 0 aliphatic rings. The van der Waals surface area contributed by atoms with E-state index in [9.17, 15) is 4.79 Å². The maximum atomic E-state index is 12.3. The van der Waals surface area contributed by atoms with Gasteiger partial charge in [-0.15, -0.1) is 5.10 Å². The molecule has 0 saturated carbocycles. The average molecular weight is 319 g/mol. The molecule has 0 atom stereocenters. The Morgan fingerprint density at radius 2 is 2.18 bits per heavy atom. The molecule has 0 aliphatic heterocycles. The number of anilines is 1. The number of carbonyl (C=O) groups excluding carboxylic acids is 1. The van der Waals surface area contributed by atoms with Gasteiger partial charge in [-0.2, -0.15) is 0 Å². The standard InChI is InChI=1S/C13H11ClN6O2/c1-7-12(8(2)22-17-7)16-13(21)10-4-3-9(5-11(10)14)20-6-15-18-19-20/h3-6H,1-2H3,(H,16,21). The van der Waals surface area contributed by atoms with Crippen LogP contribution in [0.5, 0.6) is 0 Å². The summed E-state index contributed by atoms with van der Waals surface area (Å²) in [6, 6.07) is 4.91. The number of nitrogens with one attached hydrogen (secondary N) is 1. The molecule has 1 amide bonds. The summed E-state index contributed by atoms with van der Waals surface area (Å²) in [5, 5.41) is 17.7. The molecule has 3 aromatic rings. The van der Waals surface area contributed by atoms with Gasteiger partial charge in [0.15, 0.2) is 5.76 Å². The highest BCUT2D eigenvalue weighted by Crippen LogP contribution is 2.23. The number of aromatic nitrogens is 5. The topological polar surface area (TPSA) is 98.7 Å². The number of rotatable bonds is 3. The zero-order valence-corrected chi connectivity index (χ0v) is 12.5. The lowest BCUT2D eigenvalue weighted by Gasteiger charge is -2.07. The van der Waals surface area contributed by atoms with Crippen molar-refractivity contribution in [3.8, 4) is 5.69 Å². The van der Waals surface area contributed by atoms with Crippen LogP contribution < -0.4 is 5.32 Å². The average Bonchev–Trinajstić information content (AvgIpc) is 3.12. The van der Waals surface area contributed by atoms with E-state index in [4.69, 9.17) is 16.1 Å². The second kappa shape index (κ2) is 5.57. The summed E-state index contributed by atoms with van der Waals surface area (Å²) in [4.78, 5) is 12.3. The van der Waals surface area contributed by atoms with E-state index >= 15 is 0 Å². The van der Waals surface area contributed by atoms with Gasteiger partial charge in [-0.05, 0) is 42.5 Å². The zero-order chi connectivity index (χ0) is 15.7. The van der Waals surface area contributed by atoms with Gasteiger partial charge in [0.2, 0.25) is 0 Å². The van der Waals surface area contributed by atoms with E-state index in [1.54, 1.807) is 32.0 Å². The van der Waals surface area contributed by atoms with E-state index in [1.165, 1.54) is 11.0 Å². The summed E-state index contributed by atoms with van der Waals surface area (Å²) in [5.41, 5.74) is 2.14. The van der Waals surface area contributed by atoms with E-state index in [-0.39, 0.29) is 10.9 Å². The fourth-order valence-electron chi connectivity index (χ4n) is 1.95. The van der Waals surface area contributed by atoms with Crippen molar-refractivity contribution in [1.82, 2.24) is 25.4 Å². The van der Waals surface area contributed by atoms with Gasteiger partial charge in [-0.25, -0.2) is 4.68 Å². The van der Waals surface area contributed by atoms with Crippen molar-refractivity contribution >= 4 is 23.2 Å². The molecular formula is C13H11ClN6O2. The number of amides is 1. The maximum Gasteiger partial charge on any atom is 0.257 e. The first kappa shape index (κ1) is 14.2. The Hall–Kier alpha value is -2.74. The Morgan fingerprint density at radius 1 is 1.36 bits per heavy atom. The molecule has 2 aromatic heterocycles. The Morgan fingerprint density at radius 3 is 2.77 bits per heavy atom. The van der Waals surface area contributed by atoms with E-state index in [0.717, 1.165) is 0 Å². The lowest BCUT2D eigenvalue weighted by molar-refractivity contribution is 0.102. The zero-order valence-electron chi connectivity index (χ0n) is 11.7. The summed E-state index contributed by atoms with van der Waals surface area (Å²) < 4.78 is 6.45. The molecule has 2 heterocycles. The fraction of sp³-hybridized carbons (Fsp3) is 0.154. The van der Waals surface area contributed by atoms with Gasteiger partial charge in [0.05, 0.1) is 16.3 Å². The number of tetrazole rings is 1. The van der Waals surface area contributed by atoms with Crippen LogP contribution in [0.3, 0.4) is 0 Å². The van der Waals surface area contributed by atoms with Crippen molar-refractivity contribution in [2.45, 2.75) is 13.8 Å². The Kier molecular flexibility index (Phi) is 3.60. The Balaban J connectivity index is 1.87. The van der Waals surface area contributed by atoms with E-state index in [0.29, 0.717) is 28.4 Å². The van der Waals surface area contributed by atoms with Gasteiger partial charge in [0.25, 0.3) is 5.91 Å². The van der Waals surface area contributed by atoms with Gasteiger partial charge in [0.1, 0.15) is 17.7 Å². The third kappa shape index (κ3) is 2.56. The van der Waals surface area contributed by atoms with Crippen LogP contribution in [0.15, 0.2) is 29.0 Å². The highest BCUT2D eigenvalue weighted by molar-refractivity contribution is 6.34. The van der Waals surface area contributed by atoms with Gasteiger partial charge in [0, 0.05) is 0 Å². The summed E-state index contributed by atoms with van der Waals surface area (Å²) >= 11 is 6.18. The molecule has 112 valence electrons. The third-order valence-corrected chi connectivity index (χ3v) is 3.40. The Bertz CT molecular complexity index is 808. The van der Waals surface area contributed by atoms with Crippen molar-refractivity contribution in [3.63, 3.8) is 0 Å². The van der Waals surface area contributed by atoms with Crippen LogP contribution in [-0.2, 0) is 0 Å². The molecule has 0 aliphatic carbocycles. The van der Waals surface area contributed by atoms with Crippen LogP contribution >= 0.6 is 11.6 Å². The van der Waals surface area contributed by atoms with Gasteiger partial charge in [-0.1, -0.05) is 16.8 Å². The van der Waals surface area contributed by atoms with E-state index in [1.807, 2.05) is 0 Å². The largest absolute Gasteiger partial charge is 0.359 e. The normalized spacial score (nSPS) is 10.7. The number of carbonyl (C=O) groups is 1. The summed E-state index contributed by atoms with van der Waals surface area (Å²) in [6.07, 6.45) is 1.44. The number of hydrogen-bond acceptors (Lipinski definition) is 6. The minimum Gasteiger partial charge on any atom is -0.359 e. The van der Waals surface area contributed by atoms with Crippen molar-refractivity contribution in [3.05, 3.63) is 46.6 Å². The van der Waals surface area contributed by atoms with Crippen LogP contribution in [0, 0.1) is 13.8 Å². The molecule has 22 heavy (non-hydrogen) atoms. The molecule has 0 radical (unpaired) electrons. The van der Waals surface area contributed by atoms with Gasteiger partial charge < -0.3 is 9.84 Å². The molecular weight excluding hydrogens is 308 g/mol. The highest BCUT2D eigenvalue weighted by atomic mass is 35.5. The van der Waals surface area contributed by atoms with Gasteiger partial charge in [-0.3, -0.25) is 4.79 Å². The first-order valence-electron chi connectivity index (χ1n) is 6.33. The number of nitrogens with zero attached hydrogens (tertiary/aromatic N) is 5. The molecule has 0 unspecified atom stereocenters. The highest BCUT2D eigenvalue weighted by Gasteiger charge is 2.16. The minimum absolute atomic E-state index is 0.289. The first-order chi connectivity index (χ1) is 10.6. The molecule has 8 nitrogen and oxygen atoms in total. The number of halogens is 1. The van der Waals surface area contributed by atoms with Crippen LogP contribution in [0.25, 0.3) is 5.69 Å². The minimum atomic E-state index is -0.345. The molecule has 0 spiro atoms. The predicted molar refractivity (Wildman–Crippen MR) is 78.1 cm³/mol. The van der Waals surface area contributed by atoms with Crippen LogP contribution in [0.2, 0.25) is 5.02 Å². The summed E-state index contributed by atoms with van der Waals surface area (Å²) in [6.45, 7) is 3.46. The number of benzene rings is 1. The lowest BCUT2D eigenvalue weighted by Crippen LogP contribution is -2.13. The Labute approximate surface area is 130 Å². The van der Waals surface area contributed by atoms with Crippen molar-refractivity contribution < 1.29 is 9.32 Å². The molecule has 1 N–H and O–H groups in total. The maximum absolute atomic E-state index is 12.3. The van der Waals surface area contributed by atoms with Crippen molar-refractivity contribution in [2.24, 2.45) is 0 Å². The first-order valence-corrected chi connectivity index (χ1v) is 6.71. The van der Waals surface area contributed by atoms with Gasteiger partial charge >= 0.3 is 0 Å². The van der Waals surface area contributed by atoms with Crippen LogP contribution in [0.1, 0.15) is 21.8 Å². The molecule has 0 fully saturated rings. The molecule has 9 heteroatoms. The number of aryl methyl sites for hydroxylation is 2. The second-order valence-electron chi connectivity index (χ2n) is 4.57. The lowest BCUT2D eigenvalue weighted by atomic mass is 10.2. The smallest absolute Gasteiger partial charge is 0.257 e. The number of hydrogen-bond donors (Lipinski definition) is 1. The van der Waals surface area contributed by atoms with Crippen molar-refractivity contribution in [1.29, 1.82) is 0 Å². The molecule has 1 aromatic carbocycles.